The first-order valence-electron chi connectivity index (χ1n) is 41.8. The lowest BCUT2D eigenvalue weighted by Gasteiger charge is -2.29. The summed E-state index contributed by atoms with van der Waals surface area (Å²) in [6.45, 7) is 31.2. The number of phosphoric ester groups is 1. The summed E-state index contributed by atoms with van der Waals surface area (Å²) in [5.74, 6) is -1.59. The van der Waals surface area contributed by atoms with E-state index in [2.05, 4.69) is 50.9 Å². The average molecular weight is 1810 g/mol. The van der Waals surface area contributed by atoms with Gasteiger partial charge in [0.15, 0.2) is 23.1 Å². The number of anilines is 2. The van der Waals surface area contributed by atoms with Crippen LogP contribution in [0.25, 0.3) is 55.7 Å². The fourth-order valence-electron chi connectivity index (χ4n) is 17.1. The lowest BCUT2D eigenvalue weighted by atomic mass is 9.78. The van der Waals surface area contributed by atoms with E-state index < -0.39 is 79.2 Å². The molecule has 0 atom stereocenters. The third-order valence-electron chi connectivity index (χ3n) is 22.4. The Labute approximate surface area is 736 Å². The highest BCUT2D eigenvalue weighted by molar-refractivity contribution is 7.57. The van der Waals surface area contributed by atoms with Crippen LogP contribution in [0.3, 0.4) is 0 Å². The lowest BCUT2D eigenvalue weighted by Crippen LogP contribution is -2.31. The predicted octanol–water partition coefficient (Wildman–Crippen LogP) is 21.1. The Bertz CT molecular complexity index is 6240. The molecule has 6 aromatic heterocycles. The molecule has 0 bridgehead atoms. The van der Waals surface area contributed by atoms with Gasteiger partial charge in [0.1, 0.15) is 17.0 Å². The van der Waals surface area contributed by atoms with Crippen LogP contribution in [-0.2, 0) is 98.2 Å². The summed E-state index contributed by atoms with van der Waals surface area (Å²) in [7, 11) is -5.02. The number of carbonyl (C=O) groups excluding carboxylic acids is 3. The number of fused-ring (bicyclic) bond motifs is 4. The molecule has 25 nitrogen and oxygen atoms in total. The standard InChI is InChI=1S/C43H45F4N6O6P.C30H28F4N6O.C20H31O6P/c1-8-26-11-10-12-27(9-2)37(26)53-38(31-23-51(15-14-33(31)50-53)41-48-21-28(22-49-41)43(45,46)47)30-19-32(44)40(58-7)39-29(30)13-16-52(39)35(54)20-42(5,6)36-25(4)17-24(3)18-34(36)59-60(55,56)57;1-4-17-7-6-8-18(5-2)26(17)40-27(21-13-23(31)28(41-3)25-20(21)9-11-35-25)22-16-39(12-10-24(22)38-40)29-36-14-19(15-37-29)30(32,33)34;1-13(2)12-24-19(22)25-17(21)11-20(5,6)18-15(4)9-14(3)10-16(18)26-27(7,8)23/h10-13,16-19,21-22H,8-9,14-15,20,23H2,1-7H3,(H2,55,56,57);6-9,11,13-15,35H,4-5,10,12,16H2,1-3H3;9-10,13H,11-12H2,1-8H3. The minimum Gasteiger partial charge on any atom is -0.492 e. The maximum absolute atomic E-state index is 16.6. The number of nitrogens with one attached hydrogen (secondary N) is 1. The molecule has 0 amide bonds. The van der Waals surface area contributed by atoms with Crippen molar-refractivity contribution in [3.05, 3.63) is 223 Å². The number of para-hydroxylation sites is 2. The van der Waals surface area contributed by atoms with Gasteiger partial charge in [-0.15, -0.1) is 0 Å². The Kier molecular flexibility index (Phi) is 28.2. The van der Waals surface area contributed by atoms with Crippen molar-refractivity contribution in [3.63, 3.8) is 0 Å². The number of alkyl halides is 6. The quantitative estimate of drug-likeness (QED) is 0.0219. The van der Waals surface area contributed by atoms with E-state index in [-0.39, 0.29) is 66.6 Å². The third kappa shape index (κ3) is 20.7. The minimum atomic E-state index is -4.97. The number of rotatable bonds is 24. The van der Waals surface area contributed by atoms with Crippen molar-refractivity contribution >= 4 is 66.9 Å². The van der Waals surface area contributed by atoms with Crippen molar-refractivity contribution < 1.29 is 96.4 Å². The first kappa shape index (κ1) is 95.3. The maximum atomic E-state index is 16.6. The van der Waals surface area contributed by atoms with Gasteiger partial charge in [-0.2, -0.15) is 36.5 Å². The summed E-state index contributed by atoms with van der Waals surface area (Å²) in [6, 6.07) is 25.7. The lowest BCUT2D eigenvalue weighted by molar-refractivity contribution is -0.141. The van der Waals surface area contributed by atoms with Gasteiger partial charge in [0.05, 0.1) is 78.0 Å². The van der Waals surface area contributed by atoms with Gasteiger partial charge in [0.25, 0.3) is 0 Å². The molecule has 0 unspecified atom stereocenters. The number of halogens is 8. The number of aryl methyl sites for hydroxylation is 8. The van der Waals surface area contributed by atoms with Crippen LogP contribution >= 0.6 is 15.2 Å². The number of nitrogens with zero attached hydrogens (tertiary/aromatic N) is 11. The number of carbonyl (C=O) groups is 3. The van der Waals surface area contributed by atoms with E-state index in [1.807, 2.05) is 118 Å². The number of aromatic amines is 1. The van der Waals surface area contributed by atoms with E-state index in [9.17, 15) is 59.6 Å². The van der Waals surface area contributed by atoms with Gasteiger partial charge in [-0.25, -0.2) is 47.4 Å². The number of aromatic nitrogens is 10. The summed E-state index contributed by atoms with van der Waals surface area (Å²) in [5, 5.41) is 11.5. The normalized spacial score (nSPS) is 13.2. The van der Waals surface area contributed by atoms with Crippen LogP contribution in [0.15, 0.2) is 122 Å². The molecular formula is C93H104F8N12O13P2. The zero-order chi connectivity index (χ0) is 93.4. The Hall–Kier alpha value is -11.8. The Morgan fingerprint density at radius 1 is 0.578 bits per heavy atom. The molecular weight excluding hydrogens is 1710 g/mol. The Morgan fingerprint density at radius 3 is 1.42 bits per heavy atom. The number of benzene rings is 6. The number of ether oxygens (including phenoxy) is 4. The van der Waals surface area contributed by atoms with Gasteiger partial charge in [0.2, 0.25) is 25.2 Å². The molecule has 0 saturated heterocycles. The van der Waals surface area contributed by atoms with Crippen LogP contribution in [0.5, 0.6) is 23.0 Å². The van der Waals surface area contributed by atoms with Gasteiger partial charge < -0.3 is 42.8 Å². The van der Waals surface area contributed by atoms with Crippen LogP contribution < -0.4 is 28.3 Å². The second-order valence-electron chi connectivity index (χ2n) is 33.9. The van der Waals surface area contributed by atoms with E-state index in [0.29, 0.717) is 107 Å². The van der Waals surface area contributed by atoms with Gasteiger partial charge in [-0.1, -0.05) is 118 Å². The number of H-pyrrole nitrogens is 1. The molecule has 8 heterocycles. The number of esters is 1. The zero-order valence-corrected chi connectivity index (χ0v) is 76.3. The monoisotopic (exact) mass is 1810 g/mol. The van der Waals surface area contributed by atoms with Crippen molar-refractivity contribution in [3.8, 4) is 56.9 Å². The van der Waals surface area contributed by atoms with E-state index in [1.165, 1.54) is 43.2 Å². The topological polar surface area (TPSA) is 296 Å². The van der Waals surface area contributed by atoms with Gasteiger partial charge >= 0.3 is 32.3 Å². The molecule has 6 aromatic carbocycles. The molecule has 0 saturated carbocycles. The molecule has 12 aromatic rings. The molecule has 3 N–H and O–H groups in total. The number of methoxy groups -OCH3 is 2. The van der Waals surface area contributed by atoms with E-state index in [0.717, 1.165) is 110 Å². The highest BCUT2D eigenvalue weighted by atomic mass is 31.2. The summed E-state index contributed by atoms with van der Waals surface area (Å²) >= 11 is 0. The van der Waals surface area contributed by atoms with Gasteiger partial charge in [-0.3, -0.25) is 28.5 Å². The van der Waals surface area contributed by atoms with E-state index >= 15 is 8.78 Å². The van der Waals surface area contributed by atoms with Crippen LogP contribution in [0.2, 0.25) is 0 Å². The largest absolute Gasteiger partial charge is 0.524 e. The molecule has 2 aliphatic rings. The first-order chi connectivity index (χ1) is 60.2. The number of hydrogen-bond acceptors (Lipinski definition) is 19. The molecule has 2 aliphatic heterocycles. The first-order valence-corrected chi connectivity index (χ1v) is 45.8. The summed E-state index contributed by atoms with van der Waals surface area (Å²) in [5.41, 5.74) is 12.9. The third-order valence-corrected chi connectivity index (χ3v) is 23.5. The van der Waals surface area contributed by atoms with Crippen LogP contribution in [0, 0.1) is 45.2 Å². The summed E-state index contributed by atoms with van der Waals surface area (Å²) in [4.78, 5) is 80.7. The summed E-state index contributed by atoms with van der Waals surface area (Å²) < 4.78 is 173. The molecule has 128 heavy (non-hydrogen) atoms. The SMILES string of the molecule is CCc1cccc(CC)c1-n1nc2c(c1-c1cc(F)c(OC)c3[nH]ccc13)CN(c1ncc(C(F)(F)F)cn1)CC2.CCc1cccc(CC)c1-n1nc2c(c1-c1cc(F)c(OC)c3c1ccn3C(=O)CC(C)(C)c1c(C)cc(C)cc1OP(=O)(O)O)CN(c1ncc(C(F)(F)F)cn1)CC2.Cc1cc(C)c(C(C)(C)CC(=O)OC(=O)OCC(C)C)c(OP(C)(C)=O)c1. The second-order valence-corrected chi connectivity index (χ2v) is 37.7. The summed E-state index contributed by atoms with van der Waals surface area (Å²) in [6.07, 6.45) is -0.207. The molecule has 0 fully saturated rings. The number of hydrogen-bond donors (Lipinski definition) is 3. The fraction of sp³-hybridized carbons (Fsp3) is 0.387. The predicted molar refractivity (Wildman–Crippen MR) is 472 cm³/mol. The molecule has 680 valence electrons. The zero-order valence-electron chi connectivity index (χ0n) is 74.5. The highest BCUT2D eigenvalue weighted by Crippen LogP contribution is 2.51. The average Bonchev–Trinajstić information content (AvgIpc) is 1.57. The highest BCUT2D eigenvalue weighted by Gasteiger charge is 2.40. The van der Waals surface area contributed by atoms with Crippen molar-refractivity contribution in [2.75, 3.05) is 57.0 Å². The molecule has 0 radical (unpaired) electrons. The molecule has 14 rings (SSSR count). The fourth-order valence-corrected chi connectivity index (χ4v) is 18.1. The minimum absolute atomic E-state index is 0.0468. The Balaban J connectivity index is 0.000000189. The molecule has 0 spiro atoms. The van der Waals surface area contributed by atoms with E-state index in [4.69, 9.17) is 38.2 Å². The Morgan fingerprint density at radius 2 is 1.01 bits per heavy atom. The van der Waals surface area contributed by atoms with E-state index in [1.54, 1.807) is 58.2 Å². The number of phosphoric acid groups is 1. The van der Waals surface area contributed by atoms with Crippen molar-refractivity contribution in [1.82, 2.24) is 49.0 Å². The second kappa shape index (κ2) is 37.9. The van der Waals surface area contributed by atoms with Crippen molar-refractivity contribution in [2.45, 2.75) is 185 Å². The smallest absolute Gasteiger partial charge is 0.492 e. The van der Waals surface area contributed by atoms with Crippen LogP contribution in [-0.4, -0.2) is 124 Å². The van der Waals surface area contributed by atoms with Gasteiger partial charge in [-0.05, 0) is 140 Å². The maximum Gasteiger partial charge on any atom is 0.524 e. The van der Waals surface area contributed by atoms with Crippen LogP contribution in [0.1, 0.15) is 176 Å². The van der Waals surface area contributed by atoms with Crippen molar-refractivity contribution in [2.24, 2.45) is 5.92 Å². The molecule has 0 aliphatic carbocycles. The van der Waals surface area contributed by atoms with Gasteiger partial charge in [0, 0.05) is 151 Å². The molecule has 35 heteroatoms. The van der Waals surface area contributed by atoms with Crippen molar-refractivity contribution in [1.29, 1.82) is 0 Å². The van der Waals surface area contributed by atoms with Crippen LogP contribution in [0.4, 0.5) is 51.8 Å².